The highest BCUT2D eigenvalue weighted by Crippen LogP contribution is 2.17. The summed E-state index contributed by atoms with van der Waals surface area (Å²) < 4.78 is 18.6. The number of carbonyl (C=O) groups excluding carboxylic acids is 1. The van der Waals surface area contributed by atoms with Crippen LogP contribution in [0.2, 0.25) is 5.02 Å². The smallest absolute Gasteiger partial charge is 0.251 e. The number of carbonyl (C=O) groups is 1. The molecule has 0 saturated heterocycles. The molecule has 5 nitrogen and oxygen atoms in total. The van der Waals surface area contributed by atoms with Crippen molar-refractivity contribution in [3.63, 3.8) is 0 Å². The lowest BCUT2D eigenvalue weighted by molar-refractivity contribution is 0.0953. The average molecular weight is 346 g/mol. The molecule has 0 radical (unpaired) electrons. The van der Waals surface area contributed by atoms with Crippen LogP contribution in [0.25, 0.3) is 11.5 Å². The Labute approximate surface area is 142 Å². The Morgan fingerprint density at radius 1 is 1.17 bits per heavy atom. The molecule has 7 heteroatoms. The van der Waals surface area contributed by atoms with Crippen molar-refractivity contribution in [2.75, 3.05) is 6.54 Å². The molecular formula is C17H13ClFN3O2. The molecule has 122 valence electrons. The van der Waals surface area contributed by atoms with Gasteiger partial charge in [0.2, 0.25) is 11.8 Å². The summed E-state index contributed by atoms with van der Waals surface area (Å²) in [6, 6.07) is 13.2. The van der Waals surface area contributed by atoms with Gasteiger partial charge in [0.15, 0.2) is 0 Å². The molecule has 0 aliphatic rings. The topological polar surface area (TPSA) is 68.0 Å². The normalized spacial score (nSPS) is 10.6. The number of nitrogens with zero attached hydrogens (tertiary/aromatic N) is 2. The maximum Gasteiger partial charge on any atom is 0.251 e. The first-order valence-electron chi connectivity index (χ1n) is 7.24. The van der Waals surface area contributed by atoms with E-state index in [1.54, 1.807) is 0 Å². The summed E-state index contributed by atoms with van der Waals surface area (Å²) in [5, 5.41) is 10.5. The first-order valence-corrected chi connectivity index (χ1v) is 7.62. The third kappa shape index (κ3) is 3.78. The highest BCUT2D eigenvalue weighted by Gasteiger charge is 2.11. The van der Waals surface area contributed by atoms with E-state index in [-0.39, 0.29) is 16.5 Å². The molecule has 0 aliphatic heterocycles. The highest BCUT2D eigenvalue weighted by atomic mass is 35.5. The summed E-state index contributed by atoms with van der Waals surface area (Å²) >= 11 is 5.66. The van der Waals surface area contributed by atoms with E-state index in [0.717, 1.165) is 11.6 Å². The first kappa shape index (κ1) is 16.1. The van der Waals surface area contributed by atoms with E-state index in [1.165, 1.54) is 12.1 Å². The molecule has 1 amide bonds. The highest BCUT2D eigenvalue weighted by molar-refractivity contribution is 6.31. The van der Waals surface area contributed by atoms with Crippen molar-refractivity contribution in [3.8, 4) is 11.5 Å². The Bertz CT molecular complexity index is 852. The van der Waals surface area contributed by atoms with Crippen molar-refractivity contribution < 1.29 is 13.6 Å². The van der Waals surface area contributed by atoms with Gasteiger partial charge in [0.05, 0.1) is 5.02 Å². The van der Waals surface area contributed by atoms with E-state index in [4.69, 9.17) is 16.0 Å². The van der Waals surface area contributed by atoms with Gasteiger partial charge in [-0.15, -0.1) is 10.2 Å². The van der Waals surface area contributed by atoms with Crippen molar-refractivity contribution >= 4 is 17.5 Å². The molecule has 0 aliphatic carbocycles. The van der Waals surface area contributed by atoms with Gasteiger partial charge in [-0.3, -0.25) is 4.79 Å². The zero-order chi connectivity index (χ0) is 16.9. The van der Waals surface area contributed by atoms with Gasteiger partial charge in [0.25, 0.3) is 5.91 Å². The largest absolute Gasteiger partial charge is 0.421 e. The quantitative estimate of drug-likeness (QED) is 0.768. The lowest BCUT2D eigenvalue weighted by Gasteiger charge is -2.04. The third-order valence-electron chi connectivity index (χ3n) is 3.29. The summed E-state index contributed by atoms with van der Waals surface area (Å²) in [7, 11) is 0. The summed E-state index contributed by atoms with van der Waals surface area (Å²) in [5.74, 6) is -0.0549. The number of halogens is 2. The summed E-state index contributed by atoms with van der Waals surface area (Å²) in [6.45, 7) is 0.310. The number of benzene rings is 2. The second-order valence-corrected chi connectivity index (χ2v) is 5.41. The van der Waals surface area contributed by atoms with Crippen LogP contribution in [0.1, 0.15) is 16.2 Å². The molecule has 1 aromatic heterocycles. The van der Waals surface area contributed by atoms with Crippen molar-refractivity contribution in [2.45, 2.75) is 6.42 Å². The predicted octanol–water partition coefficient (Wildman–Crippen LogP) is 3.50. The van der Waals surface area contributed by atoms with Gasteiger partial charge >= 0.3 is 0 Å². The van der Waals surface area contributed by atoms with E-state index < -0.39 is 5.82 Å². The Morgan fingerprint density at radius 3 is 2.71 bits per heavy atom. The second kappa shape index (κ2) is 7.23. The molecule has 24 heavy (non-hydrogen) atoms. The molecule has 1 N–H and O–H groups in total. The van der Waals surface area contributed by atoms with Crippen LogP contribution in [0.5, 0.6) is 0 Å². The first-order chi connectivity index (χ1) is 11.6. The molecule has 0 saturated carbocycles. The lowest BCUT2D eigenvalue weighted by atomic mass is 10.2. The van der Waals surface area contributed by atoms with E-state index in [9.17, 15) is 9.18 Å². The van der Waals surface area contributed by atoms with Gasteiger partial charge < -0.3 is 9.73 Å². The van der Waals surface area contributed by atoms with Crippen molar-refractivity contribution in [3.05, 3.63) is 70.8 Å². The Kier molecular flexibility index (Phi) is 4.86. The molecule has 3 rings (SSSR count). The van der Waals surface area contributed by atoms with Crippen LogP contribution in [-0.4, -0.2) is 22.6 Å². The van der Waals surface area contributed by atoms with Gasteiger partial charge in [-0.25, -0.2) is 4.39 Å². The van der Waals surface area contributed by atoms with Gasteiger partial charge in [-0.1, -0.05) is 29.8 Å². The van der Waals surface area contributed by atoms with Crippen LogP contribution >= 0.6 is 11.6 Å². The van der Waals surface area contributed by atoms with Crippen molar-refractivity contribution in [2.24, 2.45) is 0 Å². The summed E-state index contributed by atoms with van der Waals surface area (Å²) in [5.41, 5.74) is 1.12. The zero-order valence-corrected chi connectivity index (χ0v) is 13.3. The van der Waals surface area contributed by atoms with Crippen LogP contribution < -0.4 is 5.32 Å². The van der Waals surface area contributed by atoms with Crippen molar-refractivity contribution in [1.82, 2.24) is 15.5 Å². The fourth-order valence-corrected chi connectivity index (χ4v) is 2.25. The number of nitrogens with one attached hydrogen (secondary N) is 1. The molecule has 0 bridgehead atoms. The van der Waals surface area contributed by atoms with Crippen LogP contribution in [0.3, 0.4) is 0 Å². The van der Waals surface area contributed by atoms with Crippen LogP contribution in [0, 0.1) is 5.82 Å². The molecule has 3 aromatic rings. The number of hydrogen-bond acceptors (Lipinski definition) is 4. The minimum atomic E-state index is -0.562. The zero-order valence-electron chi connectivity index (χ0n) is 12.5. The molecule has 2 aromatic carbocycles. The molecule has 1 heterocycles. The molecule has 0 unspecified atom stereocenters. The molecule has 0 spiro atoms. The minimum absolute atomic E-state index is 0.0907. The SMILES string of the molecule is O=C(NCCc1nnc(-c2ccccc2)o1)c1ccc(F)c(Cl)c1. The predicted molar refractivity (Wildman–Crippen MR) is 87.2 cm³/mol. The maximum absolute atomic E-state index is 13.1. The third-order valence-corrected chi connectivity index (χ3v) is 3.58. The summed E-state index contributed by atoms with van der Waals surface area (Å²) in [6.07, 6.45) is 0.389. The standard InChI is InChI=1S/C17H13ClFN3O2/c18-13-10-12(6-7-14(13)19)16(23)20-9-8-15-21-22-17(24-15)11-4-2-1-3-5-11/h1-7,10H,8-9H2,(H,20,23). The molecule has 0 atom stereocenters. The van der Waals surface area contributed by atoms with Crippen LogP contribution in [0.15, 0.2) is 52.9 Å². The van der Waals surface area contributed by atoms with Gasteiger partial charge in [0, 0.05) is 24.1 Å². The minimum Gasteiger partial charge on any atom is -0.421 e. The lowest BCUT2D eigenvalue weighted by Crippen LogP contribution is -2.25. The molecule has 0 fully saturated rings. The fourth-order valence-electron chi connectivity index (χ4n) is 2.07. The van der Waals surface area contributed by atoms with Crippen molar-refractivity contribution in [1.29, 1.82) is 0 Å². The van der Waals surface area contributed by atoms with Gasteiger partial charge in [-0.2, -0.15) is 0 Å². The number of aromatic nitrogens is 2. The number of rotatable bonds is 5. The Balaban J connectivity index is 1.56. The Hall–Kier alpha value is -2.73. The van der Waals surface area contributed by atoms with E-state index in [2.05, 4.69) is 15.5 Å². The van der Waals surface area contributed by atoms with E-state index in [1.807, 2.05) is 30.3 Å². The fraction of sp³-hybridized carbons (Fsp3) is 0.118. The van der Waals surface area contributed by atoms with Gasteiger partial charge in [0.1, 0.15) is 5.82 Å². The summed E-state index contributed by atoms with van der Waals surface area (Å²) in [4.78, 5) is 12.0. The number of hydrogen-bond donors (Lipinski definition) is 1. The average Bonchev–Trinajstić information content (AvgIpc) is 3.07. The Morgan fingerprint density at radius 2 is 1.96 bits per heavy atom. The monoisotopic (exact) mass is 345 g/mol. The van der Waals surface area contributed by atoms with Crippen LogP contribution in [0.4, 0.5) is 4.39 Å². The van der Waals surface area contributed by atoms with Gasteiger partial charge in [-0.05, 0) is 30.3 Å². The second-order valence-electron chi connectivity index (χ2n) is 5.00. The van der Waals surface area contributed by atoms with E-state index >= 15 is 0 Å². The van der Waals surface area contributed by atoms with E-state index in [0.29, 0.717) is 24.7 Å². The molecular weight excluding hydrogens is 333 g/mol. The van der Waals surface area contributed by atoms with Crippen LogP contribution in [-0.2, 0) is 6.42 Å². The number of amides is 1. The maximum atomic E-state index is 13.1.